The van der Waals surface area contributed by atoms with Crippen LogP contribution < -0.4 is 4.72 Å². The molecule has 0 spiro atoms. The molecule has 1 amide bonds. The Morgan fingerprint density at radius 1 is 1.08 bits per heavy atom. The van der Waals surface area contributed by atoms with E-state index in [1.165, 1.54) is 31.3 Å². The Balaban J connectivity index is 2.20. The van der Waals surface area contributed by atoms with Crippen molar-refractivity contribution in [3.05, 3.63) is 64.7 Å². The van der Waals surface area contributed by atoms with Crippen molar-refractivity contribution >= 4 is 27.5 Å². The molecule has 0 bridgehead atoms. The number of carbonyl (C=O) groups excluding carboxylic acids is 1. The smallest absolute Gasteiger partial charge is 0.254 e. The molecule has 2 rings (SSSR count). The predicted octanol–water partition coefficient (Wildman–Crippen LogP) is 3.08. The topological polar surface area (TPSA) is 66.5 Å². The van der Waals surface area contributed by atoms with Crippen molar-refractivity contribution in [1.82, 2.24) is 9.62 Å². The average Bonchev–Trinajstić information content (AvgIpc) is 2.60. The molecule has 0 saturated carbocycles. The van der Waals surface area contributed by atoms with E-state index >= 15 is 0 Å². The molecule has 1 N–H and O–H groups in total. The number of nitrogens with one attached hydrogen (secondary N) is 1. The van der Waals surface area contributed by atoms with Gasteiger partial charge in [0, 0.05) is 17.6 Å². The first-order valence-electron chi connectivity index (χ1n) is 7.32. The number of sulfonamides is 1. The summed E-state index contributed by atoms with van der Waals surface area (Å²) in [7, 11) is -0.460. The van der Waals surface area contributed by atoms with E-state index in [0.29, 0.717) is 10.6 Å². The second kappa shape index (κ2) is 7.34. The van der Waals surface area contributed by atoms with Crippen LogP contribution >= 0.6 is 11.6 Å². The highest BCUT2D eigenvalue weighted by molar-refractivity contribution is 7.89. The predicted molar refractivity (Wildman–Crippen MR) is 94.6 cm³/mol. The molecule has 7 heteroatoms. The summed E-state index contributed by atoms with van der Waals surface area (Å²) in [6.45, 7) is 1.92. The molecule has 0 heterocycles. The van der Waals surface area contributed by atoms with Crippen LogP contribution in [0.15, 0.2) is 53.4 Å². The Bertz CT molecular complexity index is 818. The van der Waals surface area contributed by atoms with Crippen molar-refractivity contribution < 1.29 is 13.2 Å². The van der Waals surface area contributed by atoms with Crippen LogP contribution in [-0.2, 0) is 10.0 Å². The molecule has 5 nitrogen and oxygen atoms in total. The minimum absolute atomic E-state index is 0.120. The summed E-state index contributed by atoms with van der Waals surface area (Å²) >= 11 is 5.88. The molecule has 2 aromatic carbocycles. The summed E-state index contributed by atoms with van der Waals surface area (Å²) < 4.78 is 25.7. The molecule has 24 heavy (non-hydrogen) atoms. The van der Waals surface area contributed by atoms with Gasteiger partial charge in [0.2, 0.25) is 10.0 Å². The molecule has 0 aromatic heterocycles. The first-order valence-corrected chi connectivity index (χ1v) is 9.18. The zero-order valence-corrected chi connectivity index (χ0v) is 15.2. The number of nitrogens with zero attached hydrogens (tertiary/aromatic N) is 1. The van der Waals surface area contributed by atoms with E-state index in [2.05, 4.69) is 4.72 Å². The molecule has 2 aromatic rings. The maximum atomic E-state index is 12.6. The van der Waals surface area contributed by atoms with Gasteiger partial charge in [-0.3, -0.25) is 4.79 Å². The van der Waals surface area contributed by atoms with Gasteiger partial charge in [-0.2, -0.15) is 0 Å². The number of benzene rings is 2. The molecule has 0 aliphatic heterocycles. The summed E-state index contributed by atoms with van der Waals surface area (Å²) in [5.74, 6) is -0.189. The van der Waals surface area contributed by atoms with E-state index in [4.69, 9.17) is 11.6 Å². The third-order valence-electron chi connectivity index (χ3n) is 3.93. The third-order valence-corrected chi connectivity index (χ3v) is 5.62. The van der Waals surface area contributed by atoms with Crippen molar-refractivity contribution in [1.29, 1.82) is 0 Å². The van der Waals surface area contributed by atoms with Crippen molar-refractivity contribution in [3.8, 4) is 0 Å². The van der Waals surface area contributed by atoms with Crippen LogP contribution in [0.1, 0.15) is 28.9 Å². The largest absolute Gasteiger partial charge is 0.335 e. The van der Waals surface area contributed by atoms with E-state index in [-0.39, 0.29) is 16.8 Å². The Morgan fingerprint density at radius 2 is 1.62 bits per heavy atom. The van der Waals surface area contributed by atoms with Crippen molar-refractivity contribution in [2.24, 2.45) is 0 Å². The van der Waals surface area contributed by atoms with Gasteiger partial charge in [0.05, 0.1) is 10.9 Å². The number of hydrogen-bond donors (Lipinski definition) is 1. The molecule has 128 valence electrons. The summed E-state index contributed by atoms with van der Waals surface area (Å²) in [5, 5.41) is 0.640. The summed E-state index contributed by atoms with van der Waals surface area (Å²) in [6.07, 6.45) is 0. The zero-order chi connectivity index (χ0) is 17.9. The lowest BCUT2D eigenvalue weighted by Gasteiger charge is -2.25. The van der Waals surface area contributed by atoms with E-state index in [1.54, 1.807) is 24.1 Å². The fraction of sp³-hybridized carbons (Fsp3) is 0.235. The van der Waals surface area contributed by atoms with E-state index in [0.717, 1.165) is 5.56 Å². The van der Waals surface area contributed by atoms with Gasteiger partial charge >= 0.3 is 0 Å². The van der Waals surface area contributed by atoms with E-state index in [1.807, 2.05) is 19.1 Å². The van der Waals surface area contributed by atoms with Crippen LogP contribution in [-0.4, -0.2) is 33.3 Å². The van der Waals surface area contributed by atoms with Gasteiger partial charge in [-0.1, -0.05) is 23.7 Å². The first kappa shape index (κ1) is 18.4. The molecule has 0 fully saturated rings. The highest BCUT2D eigenvalue weighted by Gasteiger charge is 2.20. The van der Waals surface area contributed by atoms with Crippen molar-refractivity contribution in [2.75, 3.05) is 14.1 Å². The molecular weight excluding hydrogens is 348 g/mol. The van der Waals surface area contributed by atoms with E-state index < -0.39 is 10.0 Å². The fourth-order valence-electron chi connectivity index (χ4n) is 2.24. The molecule has 0 radical (unpaired) electrons. The summed E-state index contributed by atoms with van der Waals surface area (Å²) in [6, 6.07) is 13.0. The molecule has 0 saturated heterocycles. The second-order valence-corrected chi connectivity index (χ2v) is 7.70. The Kier molecular flexibility index (Phi) is 5.64. The lowest BCUT2D eigenvalue weighted by molar-refractivity contribution is 0.0742. The maximum Gasteiger partial charge on any atom is 0.254 e. The van der Waals surface area contributed by atoms with E-state index in [9.17, 15) is 13.2 Å². The molecule has 1 unspecified atom stereocenters. The molecule has 1 atom stereocenters. The van der Waals surface area contributed by atoms with Crippen molar-refractivity contribution in [3.63, 3.8) is 0 Å². The standard InChI is InChI=1S/C17H19ClN2O3S/c1-12(13-4-8-15(18)9-5-13)20(3)17(21)14-6-10-16(11-7-14)24(22,23)19-2/h4-12,19H,1-3H3. The lowest BCUT2D eigenvalue weighted by atomic mass is 10.1. The Morgan fingerprint density at radius 3 is 2.12 bits per heavy atom. The molecule has 0 aliphatic rings. The minimum atomic E-state index is -3.51. The Hall–Kier alpha value is -1.89. The van der Waals surface area contributed by atoms with Gasteiger partial charge in [0.1, 0.15) is 0 Å². The van der Waals surface area contributed by atoms with Gasteiger partial charge in [0.25, 0.3) is 5.91 Å². The van der Waals surface area contributed by atoms with Crippen LogP contribution in [0.4, 0.5) is 0 Å². The number of hydrogen-bond acceptors (Lipinski definition) is 3. The lowest BCUT2D eigenvalue weighted by Crippen LogP contribution is -2.29. The molecular formula is C17H19ClN2O3S. The van der Waals surface area contributed by atoms with Gasteiger partial charge in [-0.15, -0.1) is 0 Å². The van der Waals surface area contributed by atoms with Crippen LogP contribution in [0.3, 0.4) is 0 Å². The summed E-state index contributed by atoms with van der Waals surface area (Å²) in [4.78, 5) is 14.3. The minimum Gasteiger partial charge on any atom is -0.335 e. The number of rotatable bonds is 5. The van der Waals surface area contributed by atoms with Crippen molar-refractivity contribution in [2.45, 2.75) is 17.9 Å². The van der Waals surface area contributed by atoms with Crippen LogP contribution in [0.2, 0.25) is 5.02 Å². The summed E-state index contributed by atoms with van der Waals surface area (Å²) in [5.41, 5.74) is 1.39. The highest BCUT2D eigenvalue weighted by atomic mass is 35.5. The van der Waals surface area contributed by atoms with Gasteiger partial charge in [-0.25, -0.2) is 13.1 Å². The monoisotopic (exact) mass is 366 g/mol. The first-order chi connectivity index (χ1) is 11.3. The zero-order valence-electron chi connectivity index (χ0n) is 13.7. The fourth-order valence-corrected chi connectivity index (χ4v) is 3.10. The SMILES string of the molecule is CNS(=O)(=O)c1ccc(C(=O)N(C)C(C)c2ccc(Cl)cc2)cc1. The normalized spacial score (nSPS) is 12.7. The van der Waals surface area contributed by atoms with Gasteiger partial charge < -0.3 is 4.90 Å². The highest BCUT2D eigenvalue weighted by Crippen LogP contribution is 2.22. The van der Waals surface area contributed by atoms with Gasteiger partial charge in [-0.05, 0) is 55.9 Å². The third kappa shape index (κ3) is 3.95. The van der Waals surface area contributed by atoms with Crippen LogP contribution in [0.5, 0.6) is 0 Å². The number of amides is 1. The number of carbonyl (C=O) groups is 1. The maximum absolute atomic E-state index is 12.6. The second-order valence-electron chi connectivity index (χ2n) is 5.38. The Labute approximate surface area is 147 Å². The average molecular weight is 367 g/mol. The molecule has 0 aliphatic carbocycles. The van der Waals surface area contributed by atoms with Gasteiger partial charge in [0.15, 0.2) is 0 Å². The quantitative estimate of drug-likeness (QED) is 0.884. The van der Waals surface area contributed by atoms with Crippen LogP contribution in [0.25, 0.3) is 0 Å². The number of halogens is 1. The van der Waals surface area contributed by atoms with Crippen LogP contribution in [0, 0.1) is 0 Å².